The fraction of sp³-hybridized carbons (Fsp3) is 0.500. The van der Waals surface area contributed by atoms with Crippen molar-refractivity contribution in [1.82, 2.24) is 10.3 Å². The first kappa shape index (κ1) is 10.7. The van der Waals surface area contributed by atoms with Gasteiger partial charge in [0.1, 0.15) is 0 Å². The minimum Gasteiger partial charge on any atom is -0.349 e. The summed E-state index contributed by atoms with van der Waals surface area (Å²) in [4.78, 5) is 16.2. The molecule has 3 nitrogen and oxygen atoms in total. The van der Waals surface area contributed by atoms with Gasteiger partial charge in [-0.1, -0.05) is 15.9 Å². The van der Waals surface area contributed by atoms with Gasteiger partial charge in [-0.15, -0.1) is 11.3 Å². The summed E-state index contributed by atoms with van der Waals surface area (Å²) in [6.45, 7) is 1.96. The van der Waals surface area contributed by atoms with Gasteiger partial charge in [-0.3, -0.25) is 9.78 Å². The van der Waals surface area contributed by atoms with Gasteiger partial charge >= 0.3 is 0 Å². The number of amides is 1. The average molecular weight is 263 g/mol. The average Bonchev–Trinajstić information content (AvgIpc) is 2.55. The molecule has 1 N–H and O–H groups in total. The molecule has 1 atom stereocenters. The van der Waals surface area contributed by atoms with Crippen LogP contribution in [0.2, 0.25) is 0 Å². The molecule has 0 fully saturated rings. The summed E-state index contributed by atoms with van der Waals surface area (Å²) in [6.07, 6.45) is 2.30. The molecular weight excluding hydrogens is 252 g/mol. The van der Waals surface area contributed by atoms with Gasteiger partial charge in [0.2, 0.25) is 5.91 Å². The van der Waals surface area contributed by atoms with E-state index in [-0.39, 0.29) is 11.9 Å². The molecule has 1 heterocycles. The summed E-state index contributed by atoms with van der Waals surface area (Å²) in [5.41, 5.74) is 1.77. The number of thiazole rings is 1. The van der Waals surface area contributed by atoms with E-state index in [4.69, 9.17) is 0 Å². The minimum atomic E-state index is 0.0674. The predicted octanol–water partition coefficient (Wildman–Crippen LogP) is 2.11. The summed E-state index contributed by atoms with van der Waals surface area (Å²) in [5, 5.41) is 3.59. The fourth-order valence-corrected chi connectivity index (χ4v) is 1.90. The van der Waals surface area contributed by atoms with Crippen LogP contribution in [0.25, 0.3) is 0 Å². The van der Waals surface area contributed by atoms with Crippen LogP contribution in [0.1, 0.15) is 24.3 Å². The Morgan fingerprint density at radius 1 is 1.85 bits per heavy atom. The van der Waals surface area contributed by atoms with E-state index in [0.29, 0.717) is 11.8 Å². The number of hydrogen-bond donors (Lipinski definition) is 1. The Labute approximate surface area is 89.7 Å². The van der Waals surface area contributed by atoms with Crippen molar-refractivity contribution in [2.45, 2.75) is 19.4 Å². The Kier molecular flexibility index (Phi) is 4.38. The first-order valence-electron chi connectivity index (χ1n) is 3.97. The van der Waals surface area contributed by atoms with Crippen molar-refractivity contribution < 1.29 is 4.79 Å². The van der Waals surface area contributed by atoms with Crippen molar-refractivity contribution in [3.63, 3.8) is 0 Å². The van der Waals surface area contributed by atoms with Gasteiger partial charge in [0.25, 0.3) is 0 Å². The Morgan fingerprint density at radius 3 is 3.15 bits per heavy atom. The fourth-order valence-electron chi connectivity index (χ4n) is 0.910. The number of hydrogen-bond acceptors (Lipinski definition) is 3. The number of nitrogens with zero attached hydrogens (tertiary/aromatic N) is 1. The third kappa shape index (κ3) is 3.44. The molecule has 0 aromatic carbocycles. The topological polar surface area (TPSA) is 42.0 Å². The molecule has 1 aromatic rings. The molecule has 5 heteroatoms. The largest absolute Gasteiger partial charge is 0.349 e. The van der Waals surface area contributed by atoms with Crippen LogP contribution in [0.3, 0.4) is 0 Å². The Morgan fingerprint density at radius 2 is 2.62 bits per heavy atom. The molecule has 0 radical (unpaired) electrons. The quantitative estimate of drug-likeness (QED) is 0.845. The lowest BCUT2D eigenvalue weighted by Crippen LogP contribution is -2.26. The van der Waals surface area contributed by atoms with Crippen LogP contribution in [0.15, 0.2) is 11.7 Å². The maximum atomic E-state index is 11.2. The van der Waals surface area contributed by atoms with Gasteiger partial charge in [0.05, 0.1) is 11.6 Å². The maximum Gasteiger partial charge on any atom is 0.221 e. The number of halogens is 1. The van der Waals surface area contributed by atoms with Crippen molar-refractivity contribution in [3.05, 3.63) is 16.6 Å². The zero-order chi connectivity index (χ0) is 9.68. The van der Waals surface area contributed by atoms with E-state index in [1.807, 2.05) is 6.92 Å². The van der Waals surface area contributed by atoms with Crippen LogP contribution in [-0.4, -0.2) is 16.2 Å². The summed E-state index contributed by atoms with van der Waals surface area (Å²) in [6, 6.07) is 0.0686. The predicted molar refractivity (Wildman–Crippen MR) is 57.1 cm³/mol. The standard InChI is InChI=1S/C8H11BrN2OS/c1-6(7-4-10-5-13-7)11-8(12)2-3-9/h4-6H,2-3H2,1H3,(H,11,12). The normalized spacial score (nSPS) is 12.5. The van der Waals surface area contributed by atoms with Crippen molar-refractivity contribution in [1.29, 1.82) is 0 Å². The van der Waals surface area contributed by atoms with Crippen molar-refractivity contribution in [2.75, 3.05) is 5.33 Å². The zero-order valence-corrected chi connectivity index (χ0v) is 9.69. The number of aromatic nitrogens is 1. The smallest absolute Gasteiger partial charge is 0.221 e. The summed E-state index contributed by atoms with van der Waals surface area (Å²) < 4.78 is 0. The SMILES string of the molecule is CC(NC(=O)CCBr)c1cncs1. The van der Waals surface area contributed by atoms with Crippen molar-refractivity contribution >= 4 is 33.2 Å². The molecule has 0 saturated carbocycles. The number of carbonyl (C=O) groups excluding carboxylic acids is 1. The second-order valence-corrected chi connectivity index (χ2v) is 4.34. The van der Waals surface area contributed by atoms with Gasteiger partial charge < -0.3 is 5.32 Å². The van der Waals surface area contributed by atoms with E-state index >= 15 is 0 Å². The van der Waals surface area contributed by atoms with Gasteiger partial charge in [-0.25, -0.2) is 0 Å². The highest BCUT2D eigenvalue weighted by molar-refractivity contribution is 9.09. The highest BCUT2D eigenvalue weighted by Gasteiger charge is 2.09. The Bertz CT molecular complexity index is 263. The Balaban J connectivity index is 2.42. The highest BCUT2D eigenvalue weighted by atomic mass is 79.9. The Hall–Kier alpha value is -0.420. The third-order valence-electron chi connectivity index (χ3n) is 1.58. The second kappa shape index (κ2) is 5.34. The van der Waals surface area contributed by atoms with Crippen LogP contribution in [0.5, 0.6) is 0 Å². The van der Waals surface area contributed by atoms with E-state index in [2.05, 4.69) is 26.2 Å². The van der Waals surface area contributed by atoms with Gasteiger partial charge in [0, 0.05) is 22.8 Å². The molecular formula is C8H11BrN2OS. The van der Waals surface area contributed by atoms with E-state index in [9.17, 15) is 4.79 Å². The monoisotopic (exact) mass is 262 g/mol. The first-order valence-corrected chi connectivity index (χ1v) is 5.98. The number of alkyl halides is 1. The molecule has 72 valence electrons. The number of rotatable bonds is 4. The number of carbonyl (C=O) groups is 1. The molecule has 0 aliphatic rings. The van der Waals surface area contributed by atoms with Gasteiger partial charge in [-0.2, -0.15) is 0 Å². The lowest BCUT2D eigenvalue weighted by molar-refractivity contribution is -0.121. The first-order chi connectivity index (χ1) is 6.24. The minimum absolute atomic E-state index is 0.0674. The second-order valence-electron chi connectivity index (χ2n) is 2.63. The van der Waals surface area contributed by atoms with E-state index in [0.717, 1.165) is 4.88 Å². The lowest BCUT2D eigenvalue weighted by Gasteiger charge is -2.10. The van der Waals surface area contributed by atoms with Crippen LogP contribution >= 0.6 is 27.3 Å². The molecule has 0 aliphatic carbocycles. The molecule has 0 bridgehead atoms. The van der Waals surface area contributed by atoms with Crippen LogP contribution < -0.4 is 5.32 Å². The van der Waals surface area contributed by atoms with Crippen LogP contribution in [0, 0.1) is 0 Å². The molecule has 0 spiro atoms. The number of nitrogens with one attached hydrogen (secondary N) is 1. The molecule has 13 heavy (non-hydrogen) atoms. The van der Waals surface area contributed by atoms with Crippen LogP contribution in [0.4, 0.5) is 0 Å². The zero-order valence-electron chi connectivity index (χ0n) is 7.29. The third-order valence-corrected chi connectivity index (χ3v) is 2.93. The molecule has 0 aliphatic heterocycles. The van der Waals surface area contributed by atoms with E-state index in [1.165, 1.54) is 0 Å². The summed E-state index contributed by atoms with van der Waals surface area (Å²) >= 11 is 4.77. The van der Waals surface area contributed by atoms with Crippen LogP contribution in [-0.2, 0) is 4.79 Å². The molecule has 1 rings (SSSR count). The highest BCUT2D eigenvalue weighted by Crippen LogP contribution is 2.16. The molecule has 1 amide bonds. The molecule has 1 unspecified atom stereocenters. The van der Waals surface area contributed by atoms with Gasteiger partial charge in [0.15, 0.2) is 0 Å². The van der Waals surface area contributed by atoms with E-state index in [1.54, 1.807) is 23.0 Å². The summed E-state index contributed by atoms with van der Waals surface area (Å²) in [5.74, 6) is 0.0674. The van der Waals surface area contributed by atoms with Crippen molar-refractivity contribution in [3.8, 4) is 0 Å². The lowest BCUT2D eigenvalue weighted by atomic mass is 10.3. The maximum absolute atomic E-state index is 11.2. The summed E-state index contributed by atoms with van der Waals surface area (Å²) in [7, 11) is 0. The van der Waals surface area contributed by atoms with Gasteiger partial charge in [-0.05, 0) is 6.92 Å². The van der Waals surface area contributed by atoms with E-state index < -0.39 is 0 Å². The molecule has 1 aromatic heterocycles. The molecule has 0 saturated heterocycles. The van der Waals surface area contributed by atoms with Crippen molar-refractivity contribution in [2.24, 2.45) is 0 Å².